The Morgan fingerprint density at radius 1 is 1.32 bits per heavy atom. The first kappa shape index (κ1) is 20.4. The number of rotatable bonds is 6. The number of thiazole rings is 1. The number of carbonyl (C=O) groups is 1. The molecule has 1 amide bonds. The minimum Gasteiger partial charge on any atom is -0.378 e. The Morgan fingerprint density at radius 3 is 2.97 bits per heavy atom. The van der Waals surface area contributed by atoms with E-state index < -0.39 is 0 Å². The molecule has 1 fully saturated rings. The highest BCUT2D eigenvalue weighted by molar-refractivity contribution is 7.18. The molecule has 0 bridgehead atoms. The number of morpholine rings is 1. The van der Waals surface area contributed by atoms with Crippen LogP contribution in [0.4, 0.5) is 0 Å². The number of allylic oxidation sites excluding steroid dienone is 1. The van der Waals surface area contributed by atoms with Gasteiger partial charge in [0, 0.05) is 36.9 Å². The summed E-state index contributed by atoms with van der Waals surface area (Å²) in [6, 6.07) is 8.54. The zero-order chi connectivity index (χ0) is 21.2. The first-order valence-electron chi connectivity index (χ1n) is 10.9. The Balaban J connectivity index is 1.33. The zero-order valence-electron chi connectivity index (χ0n) is 17.5. The van der Waals surface area contributed by atoms with E-state index in [0.29, 0.717) is 44.6 Å². The van der Waals surface area contributed by atoms with E-state index in [-0.39, 0.29) is 5.91 Å². The van der Waals surface area contributed by atoms with E-state index in [1.807, 2.05) is 27.8 Å². The van der Waals surface area contributed by atoms with Crippen LogP contribution in [0.5, 0.6) is 0 Å². The number of ether oxygens (including phenoxy) is 1. The summed E-state index contributed by atoms with van der Waals surface area (Å²) in [5, 5.41) is 9.48. The SMILES string of the molecule is C=CCn1nc(C(=O)N2CCOCC2)c2c1CCC(NCc1nc3ccccc3s1)C2. The van der Waals surface area contributed by atoms with Crippen molar-refractivity contribution in [1.29, 1.82) is 0 Å². The van der Waals surface area contributed by atoms with Crippen molar-refractivity contribution in [3.63, 3.8) is 0 Å². The summed E-state index contributed by atoms with van der Waals surface area (Å²) in [4.78, 5) is 19.8. The smallest absolute Gasteiger partial charge is 0.274 e. The van der Waals surface area contributed by atoms with Gasteiger partial charge in [-0.05, 0) is 31.4 Å². The molecule has 5 rings (SSSR count). The average molecular weight is 438 g/mol. The van der Waals surface area contributed by atoms with E-state index in [0.717, 1.165) is 41.9 Å². The van der Waals surface area contributed by atoms with Gasteiger partial charge in [0.2, 0.25) is 0 Å². The third-order valence-corrected chi connectivity index (χ3v) is 7.07. The normalized spacial score (nSPS) is 18.8. The Hall–Kier alpha value is -2.55. The molecule has 0 saturated carbocycles. The summed E-state index contributed by atoms with van der Waals surface area (Å²) in [5.74, 6) is 0.0224. The van der Waals surface area contributed by atoms with E-state index >= 15 is 0 Å². The van der Waals surface area contributed by atoms with Crippen LogP contribution in [0, 0.1) is 0 Å². The third kappa shape index (κ3) is 4.15. The lowest BCUT2D eigenvalue weighted by Gasteiger charge is -2.27. The summed E-state index contributed by atoms with van der Waals surface area (Å²) in [7, 11) is 0. The molecular weight excluding hydrogens is 410 g/mol. The summed E-state index contributed by atoms with van der Waals surface area (Å²) in [5.41, 5.74) is 3.92. The number of aromatic nitrogens is 3. The maximum atomic E-state index is 13.2. The standard InChI is InChI=1S/C23H27N5O2S/c1-2-9-28-19-8-7-16(24-15-21-25-18-5-3-4-6-20(18)31-21)14-17(19)22(26-28)23(29)27-10-12-30-13-11-27/h2-6,16,24H,1,7-15H2. The van der Waals surface area contributed by atoms with E-state index in [9.17, 15) is 4.79 Å². The van der Waals surface area contributed by atoms with Crippen molar-refractivity contribution in [1.82, 2.24) is 25.0 Å². The van der Waals surface area contributed by atoms with Crippen LogP contribution in [0.2, 0.25) is 0 Å². The van der Waals surface area contributed by atoms with E-state index in [1.165, 1.54) is 10.4 Å². The van der Waals surface area contributed by atoms with Crippen LogP contribution in [0.3, 0.4) is 0 Å². The predicted octanol–water partition coefficient (Wildman–Crippen LogP) is 2.80. The van der Waals surface area contributed by atoms with Crippen LogP contribution in [0.25, 0.3) is 10.2 Å². The summed E-state index contributed by atoms with van der Waals surface area (Å²) in [6.07, 6.45) is 4.58. The highest BCUT2D eigenvalue weighted by Gasteiger charge is 2.31. The first-order valence-corrected chi connectivity index (χ1v) is 11.7. The number of amides is 1. The number of hydrogen-bond acceptors (Lipinski definition) is 6. The van der Waals surface area contributed by atoms with Crippen molar-refractivity contribution < 1.29 is 9.53 Å². The predicted molar refractivity (Wildman–Crippen MR) is 121 cm³/mol. The fourth-order valence-electron chi connectivity index (χ4n) is 4.45. The third-order valence-electron chi connectivity index (χ3n) is 6.03. The number of benzene rings is 1. The fourth-order valence-corrected chi connectivity index (χ4v) is 5.37. The zero-order valence-corrected chi connectivity index (χ0v) is 18.4. The van der Waals surface area contributed by atoms with Crippen molar-refractivity contribution in [2.75, 3.05) is 26.3 Å². The van der Waals surface area contributed by atoms with Gasteiger partial charge in [-0.1, -0.05) is 18.2 Å². The second-order valence-corrected chi connectivity index (χ2v) is 9.16. The number of nitrogens with zero attached hydrogens (tertiary/aromatic N) is 4. The summed E-state index contributed by atoms with van der Waals surface area (Å²) < 4.78 is 8.58. The molecule has 1 aliphatic heterocycles. The highest BCUT2D eigenvalue weighted by Crippen LogP contribution is 2.27. The Labute approximate surface area is 185 Å². The second kappa shape index (κ2) is 8.90. The number of nitrogens with one attached hydrogen (secondary N) is 1. The van der Waals surface area contributed by atoms with Gasteiger partial charge in [0.25, 0.3) is 5.91 Å². The molecule has 8 heteroatoms. The second-order valence-electron chi connectivity index (χ2n) is 8.05. The van der Waals surface area contributed by atoms with Gasteiger partial charge in [0.05, 0.1) is 30.0 Å². The van der Waals surface area contributed by atoms with Gasteiger partial charge in [0.1, 0.15) is 5.01 Å². The molecule has 1 atom stereocenters. The van der Waals surface area contributed by atoms with E-state index in [2.05, 4.69) is 24.0 Å². The molecular formula is C23H27N5O2S. The summed E-state index contributed by atoms with van der Waals surface area (Å²) in [6.45, 7) is 7.66. The lowest BCUT2D eigenvalue weighted by Crippen LogP contribution is -2.41. The molecule has 31 heavy (non-hydrogen) atoms. The number of hydrogen-bond donors (Lipinski definition) is 1. The Kier molecular flexibility index (Phi) is 5.85. The molecule has 1 aliphatic carbocycles. The lowest BCUT2D eigenvalue weighted by atomic mass is 9.91. The van der Waals surface area contributed by atoms with Crippen molar-refractivity contribution in [3.05, 3.63) is 58.9 Å². The van der Waals surface area contributed by atoms with E-state index in [1.54, 1.807) is 11.3 Å². The topological polar surface area (TPSA) is 72.3 Å². The number of para-hydroxylation sites is 1. The van der Waals surface area contributed by atoms with Gasteiger partial charge in [-0.15, -0.1) is 17.9 Å². The molecule has 162 valence electrons. The Bertz CT molecular complexity index is 1070. The lowest BCUT2D eigenvalue weighted by molar-refractivity contribution is 0.0297. The molecule has 0 radical (unpaired) electrons. The molecule has 7 nitrogen and oxygen atoms in total. The van der Waals surface area contributed by atoms with Gasteiger partial charge >= 0.3 is 0 Å². The van der Waals surface area contributed by atoms with Crippen LogP contribution in [0.15, 0.2) is 36.9 Å². The minimum atomic E-state index is 0.0224. The first-order chi connectivity index (χ1) is 15.2. The van der Waals surface area contributed by atoms with Crippen LogP contribution in [0.1, 0.15) is 33.2 Å². The Morgan fingerprint density at radius 2 is 2.16 bits per heavy atom. The van der Waals surface area contributed by atoms with Crippen molar-refractivity contribution >= 4 is 27.5 Å². The molecule has 3 aromatic rings. The number of fused-ring (bicyclic) bond motifs is 2. The van der Waals surface area contributed by atoms with Crippen LogP contribution >= 0.6 is 11.3 Å². The van der Waals surface area contributed by atoms with Gasteiger partial charge in [-0.25, -0.2) is 4.98 Å². The largest absolute Gasteiger partial charge is 0.378 e. The van der Waals surface area contributed by atoms with E-state index in [4.69, 9.17) is 14.8 Å². The van der Waals surface area contributed by atoms with Gasteiger partial charge in [0.15, 0.2) is 5.69 Å². The molecule has 1 saturated heterocycles. The van der Waals surface area contributed by atoms with Gasteiger partial charge < -0.3 is 15.0 Å². The molecule has 1 unspecified atom stereocenters. The quantitative estimate of drug-likeness (QED) is 0.601. The van der Waals surface area contributed by atoms with Crippen LogP contribution in [-0.4, -0.2) is 57.9 Å². The molecule has 1 aromatic carbocycles. The molecule has 1 N–H and O–H groups in total. The van der Waals surface area contributed by atoms with Gasteiger partial charge in [-0.2, -0.15) is 5.10 Å². The molecule has 2 aliphatic rings. The maximum Gasteiger partial charge on any atom is 0.274 e. The van der Waals surface area contributed by atoms with Crippen molar-refractivity contribution in [2.24, 2.45) is 0 Å². The average Bonchev–Trinajstić information content (AvgIpc) is 3.39. The maximum absolute atomic E-state index is 13.2. The van der Waals surface area contributed by atoms with Gasteiger partial charge in [-0.3, -0.25) is 9.48 Å². The fraction of sp³-hybridized carbons (Fsp3) is 0.435. The molecule has 2 aromatic heterocycles. The number of carbonyl (C=O) groups excluding carboxylic acids is 1. The van der Waals surface area contributed by atoms with Crippen molar-refractivity contribution in [3.8, 4) is 0 Å². The monoisotopic (exact) mass is 437 g/mol. The summed E-state index contributed by atoms with van der Waals surface area (Å²) >= 11 is 1.74. The molecule has 0 spiro atoms. The van der Waals surface area contributed by atoms with Crippen LogP contribution in [-0.2, 0) is 30.7 Å². The van der Waals surface area contributed by atoms with Crippen molar-refractivity contribution in [2.45, 2.75) is 38.4 Å². The minimum absolute atomic E-state index is 0.0224. The van der Waals surface area contributed by atoms with Crippen LogP contribution < -0.4 is 5.32 Å². The highest BCUT2D eigenvalue weighted by atomic mass is 32.1. The molecule has 3 heterocycles.